The first-order chi connectivity index (χ1) is 6.99. The second-order valence-corrected chi connectivity index (χ2v) is 3.20. The average molecular weight is 283 g/mol. The van der Waals surface area contributed by atoms with E-state index < -0.39 is 22.6 Å². The van der Waals surface area contributed by atoms with Crippen LogP contribution < -0.4 is 4.74 Å². The first-order valence-electron chi connectivity index (χ1n) is 3.64. The molecule has 0 unspecified atom stereocenters. The third-order valence-electron chi connectivity index (χ3n) is 1.61. The monoisotopic (exact) mass is 282 g/mol. The Morgan fingerprint density at radius 1 is 1.67 bits per heavy atom. The molecule has 0 spiro atoms. The number of methoxy groups -OCH3 is 1. The van der Waals surface area contributed by atoms with Gasteiger partial charge < -0.3 is 4.74 Å². The molecule has 0 aliphatic carbocycles. The number of alkyl halides is 2. The van der Waals surface area contributed by atoms with Crippen LogP contribution in [0.15, 0.2) is 10.8 Å². The Kier molecular flexibility index (Phi) is 3.51. The Morgan fingerprint density at radius 2 is 2.27 bits per heavy atom. The minimum absolute atomic E-state index is 0.0149. The van der Waals surface area contributed by atoms with Crippen LogP contribution in [0.5, 0.6) is 5.75 Å². The lowest BCUT2D eigenvalue weighted by atomic mass is 10.2. The molecule has 0 aromatic carbocycles. The molecule has 0 saturated heterocycles. The van der Waals surface area contributed by atoms with E-state index in [0.717, 1.165) is 13.3 Å². The molecule has 8 heteroatoms. The fourth-order valence-corrected chi connectivity index (χ4v) is 1.46. The first-order valence-corrected chi connectivity index (χ1v) is 4.43. The number of rotatable bonds is 3. The minimum atomic E-state index is -2.97. The van der Waals surface area contributed by atoms with E-state index in [2.05, 4.69) is 25.7 Å². The van der Waals surface area contributed by atoms with E-state index >= 15 is 0 Å². The maximum atomic E-state index is 12.4. The molecular weight excluding hydrogens is 278 g/mol. The van der Waals surface area contributed by atoms with Crippen molar-refractivity contribution in [1.82, 2.24) is 4.98 Å². The summed E-state index contributed by atoms with van der Waals surface area (Å²) in [6.07, 6.45) is -2.23. The zero-order chi connectivity index (χ0) is 11.6. The van der Waals surface area contributed by atoms with Crippen LogP contribution in [0, 0.1) is 10.1 Å². The van der Waals surface area contributed by atoms with E-state index in [0.29, 0.717) is 0 Å². The topological polar surface area (TPSA) is 65.3 Å². The number of nitrogens with zero attached hydrogens (tertiary/aromatic N) is 2. The normalized spacial score (nSPS) is 10.5. The van der Waals surface area contributed by atoms with Gasteiger partial charge in [0.25, 0.3) is 6.43 Å². The van der Waals surface area contributed by atoms with Crippen LogP contribution in [0.2, 0.25) is 0 Å². The zero-order valence-corrected chi connectivity index (χ0v) is 8.99. The van der Waals surface area contributed by atoms with Crippen molar-refractivity contribution in [3.05, 3.63) is 26.5 Å². The Morgan fingerprint density at radius 3 is 2.67 bits per heavy atom. The minimum Gasteiger partial charge on any atom is -0.488 e. The molecule has 82 valence electrons. The largest absolute Gasteiger partial charge is 0.488 e. The Labute approximate surface area is 91.3 Å². The molecule has 1 heterocycles. The predicted octanol–water partition coefficient (Wildman–Crippen LogP) is 2.70. The summed E-state index contributed by atoms with van der Waals surface area (Å²) in [4.78, 5) is 13.2. The van der Waals surface area contributed by atoms with Gasteiger partial charge >= 0.3 is 5.69 Å². The second kappa shape index (κ2) is 4.47. The molecule has 1 aromatic rings. The summed E-state index contributed by atoms with van der Waals surface area (Å²) in [6.45, 7) is 0. The number of ether oxygens (including phenoxy) is 1. The Bertz CT molecular complexity index is 400. The van der Waals surface area contributed by atoms with Crippen LogP contribution in [0.25, 0.3) is 0 Å². The molecule has 1 aromatic heterocycles. The van der Waals surface area contributed by atoms with Gasteiger partial charge in [0.2, 0.25) is 5.75 Å². The van der Waals surface area contributed by atoms with Crippen LogP contribution >= 0.6 is 15.9 Å². The maximum absolute atomic E-state index is 12.4. The lowest BCUT2D eigenvalue weighted by Crippen LogP contribution is -2.01. The second-order valence-electron chi connectivity index (χ2n) is 2.44. The molecule has 0 fully saturated rings. The van der Waals surface area contributed by atoms with E-state index in [1.54, 1.807) is 0 Å². The van der Waals surface area contributed by atoms with E-state index in [1.807, 2.05) is 0 Å². The summed E-state index contributed by atoms with van der Waals surface area (Å²) < 4.78 is 29.5. The van der Waals surface area contributed by atoms with Crippen molar-refractivity contribution in [1.29, 1.82) is 0 Å². The number of hydrogen-bond donors (Lipinski definition) is 0. The molecule has 0 bridgehead atoms. The smallest absolute Gasteiger partial charge is 0.324 e. The van der Waals surface area contributed by atoms with Gasteiger partial charge in [-0.2, -0.15) is 0 Å². The summed E-state index contributed by atoms with van der Waals surface area (Å²) in [5, 5.41) is 10.6. The molecule has 0 amide bonds. The number of pyridine rings is 1. The van der Waals surface area contributed by atoms with Gasteiger partial charge in [-0.15, -0.1) is 0 Å². The third kappa shape index (κ3) is 2.20. The summed E-state index contributed by atoms with van der Waals surface area (Å²) in [5.41, 5.74) is -1.53. The van der Waals surface area contributed by atoms with Gasteiger partial charge in [-0.25, -0.2) is 13.8 Å². The molecule has 5 nitrogen and oxygen atoms in total. The summed E-state index contributed by atoms with van der Waals surface area (Å²) in [5.74, 6) is -0.308. The van der Waals surface area contributed by atoms with Crippen molar-refractivity contribution in [3.63, 3.8) is 0 Å². The molecule has 15 heavy (non-hydrogen) atoms. The van der Waals surface area contributed by atoms with Gasteiger partial charge in [-0.05, 0) is 15.9 Å². The van der Waals surface area contributed by atoms with E-state index in [1.165, 1.54) is 0 Å². The van der Waals surface area contributed by atoms with Crippen molar-refractivity contribution in [3.8, 4) is 5.75 Å². The van der Waals surface area contributed by atoms with Gasteiger partial charge in [-0.1, -0.05) is 0 Å². The lowest BCUT2D eigenvalue weighted by Gasteiger charge is -2.06. The highest BCUT2D eigenvalue weighted by Crippen LogP contribution is 2.39. The van der Waals surface area contributed by atoms with Crippen LogP contribution in [-0.4, -0.2) is 17.0 Å². The van der Waals surface area contributed by atoms with Crippen LogP contribution in [0.1, 0.15) is 12.0 Å². The Balaban J connectivity index is 3.49. The molecule has 0 N–H and O–H groups in total. The molecule has 0 saturated carbocycles. The Hall–Kier alpha value is -1.31. The molecule has 0 radical (unpaired) electrons. The molecule has 0 aliphatic rings. The third-order valence-corrected chi connectivity index (χ3v) is 2.18. The zero-order valence-electron chi connectivity index (χ0n) is 7.41. The van der Waals surface area contributed by atoms with Gasteiger partial charge in [0.1, 0.15) is 5.56 Å². The first kappa shape index (κ1) is 11.8. The van der Waals surface area contributed by atoms with Crippen molar-refractivity contribution in [2.24, 2.45) is 0 Å². The highest BCUT2D eigenvalue weighted by atomic mass is 79.9. The van der Waals surface area contributed by atoms with E-state index in [-0.39, 0.29) is 10.4 Å². The number of nitro groups is 1. The van der Waals surface area contributed by atoms with Gasteiger partial charge in [-0.3, -0.25) is 10.1 Å². The van der Waals surface area contributed by atoms with Crippen molar-refractivity contribution in [2.75, 3.05) is 7.11 Å². The van der Waals surface area contributed by atoms with E-state index in [9.17, 15) is 18.9 Å². The predicted molar refractivity (Wildman–Crippen MR) is 50.1 cm³/mol. The fraction of sp³-hybridized carbons (Fsp3) is 0.286. The van der Waals surface area contributed by atoms with Crippen LogP contribution in [0.3, 0.4) is 0 Å². The standard InChI is InChI=1S/C7H5BrF2N2O3/c1-15-5-4(12(13)14)3(7(9)10)2-11-6(5)8/h2,7H,1H3. The van der Waals surface area contributed by atoms with Crippen LogP contribution in [0.4, 0.5) is 14.5 Å². The average Bonchev–Trinajstić information content (AvgIpc) is 2.16. The number of hydrogen-bond acceptors (Lipinski definition) is 4. The SMILES string of the molecule is COc1c(Br)ncc(C(F)F)c1[N+](=O)[O-]. The van der Waals surface area contributed by atoms with Crippen LogP contribution in [-0.2, 0) is 0 Å². The lowest BCUT2D eigenvalue weighted by molar-refractivity contribution is -0.387. The quantitative estimate of drug-likeness (QED) is 0.486. The maximum Gasteiger partial charge on any atom is 0.324 e. The molecular formula is C7H5BrF2N2O3. The highest BCUT2D eigenvalue weighted by molar-refractivity contribution is 9.10. The molecule has 1 rings (SSSR count). The summed E-state index contributed by atoms with van der Waals surface area (Å²) >= 11 is 2.87. The molecule has 0 aliphatic heterocycles. The summed E-state index contributed by atoms with van der Waals surface area (Å²) in [7, 11) is 1.14. The number of halogens is 3. The number of aromatic nitrogens is 1. The van der Waals surface area contributed by atoms with Gasteiger partial charge in [0, 0.05) is 6.20 Å². The van der Waals surface area contributed by atoms with E-state index in [4.69, 9.17) is 0 Å². The molecule has 0 atom stereocenters. The highest BCUT2D eigenvalue weighted by Gasteiger charge is 2.29. The van der Waals surface area contributed by atoms with Crippen molar-refractivity contribution >= 4 is 21.6 Å². The van der Waals surface area contributed by atoms with Gasteiger partial charge in [0.05, 0.1) is 12.0 Å². The van der Waals surface area contributed by atoms with Gasteiger partial charge in [0.15, 0.2) is 4.60 Å². The fourth-order valence-electron chi connectivity index (χ4n) is 1.00. The van der Waals surface area contributed by atoms with Crippen molar-refractivity contribution < 1.29 is 18.4 Å². The summed E-state index contributed by atoms with van der Waals surface area (Å²) in [6, 6.07) is 0. The van der Waals surface area contributed by atoms with Crippen molar-refractivity contribution in [2.45, 2.75) is 6.43 Å².